The molecule has 3 rings (SSSR count). The highest BCUT2D eigenvalue weighted by Gasteiger charge is 2.15. The second kappa shape index (κ2) is 16.9. The van der Waals surface area contributed by atoms with Gasteiger partial charge in [-0.1, -0.05) is 79.6 Å². The van der Waals surface area contributed by atoms with Crippen LogP contribution in [0.1, 0.15) is 71.0 Å². The molecule has 0 heterocycles. The van der Waals surface area contributed by atoms with Gasteiger partial charge in [-0.15, -0.1) is 0 Å². The zero-order chi connectivity index (χ0) is 28.8. The van der Waals surface area contributed by atoms with E-state index < -0.39 is 18.4 Å². The molecule has 3 N–H and O–H groups in total. The third kappa shape index (κ3) is 11.1. The Labute approximate surface area is 226 Å². The number of ether oxygens (including phenoxy) is 1. The molecule has 200 valence electrons. The van der Waals surface area contributed by atoms with Crippen molar-refractivity contribution >= 4 is 0 Å². The van der Waals surface area contributed by atoms with Crippen molar-refractivity contribution in [3.63, 3.8) is 0 Å². The number of phenols is 1. The van der Waals surface area contributed by atoms with Gasteiger partial charge in [0, 0.05) is 31.9 Å². The summed E-state index contributed by atoms with van der Waals surface area (Å²) in [6, 6.07) is 24.1. The molecule has 0 saturated heterocycles. The van der Waals surface area contributed by atoms with E-state index in [-0.39, 0.29) is 17.7 Å². The maximum Gasteiger partial charge on any atom is 0.121 e. The monoisotopic (exact) mass is 509 g/mol. The van der Waals surface area contributed by atoms with Crippen LogP contribution in [-0.4, -0.2) is 46.5 Å². The number of hydrogen-bond donors (Lipinski definition) is 3. The lowest BCUT2D eigenvalue weighted by molar-refractivity contribution is 0.106. The van der Waals surface area contributed by atoms with E-state index in [0.29, 0.717) is 13.1 Å². The molecule has 3 aromatic carbocycles. The van der Waals surface area contributed by atoms with E-state index in [2.05, 4.69) is 24.3 Å². The Hall–Kier alpha value is -2.70. The highest BCUT2D eigenvalue weighted by atomic mass is 16.5. The fourth-order valence-electron chi connectivity index (χ4n) is 4.34. The Balaban J connectivity index is 1.43. The van der Waals surface area contributed by atoms with Crippen LogP contribution in [0.2, 0.25) is 0 Å². The summed E-state index contributed by atoms with van der Waals surface area (Å²) in [4.78, 5) is 2.02. The van der Waals surface area contributed by atoms with Crippen LogP contribution in [0, 0.1) is 0 Å². The molecule has 1 unspecified atom stereocenters. The van der Waals surface area contributed by atoms with Gasteiger partial charge in [0.1, 0.15) is 5.75 Å². The number of rotatable bonds is 18. The van der Waals surface area contributed by atoms with Gasteiger partial charge in [-0.3, -0.25) is 4.90 Å². The van der Waals surface area contributed by atoms with E-state index in [1.807, 2.05) is 41.3 Å². The minimum absolute atomic E-state index is 0.00731. The Bertz CT molecular complexity index is 1120. The SMILES string of the molecule is [2H]C([2H])(O)c1cc([13C]([2H])(O)CN(CCCCCCOCCCCc2ccccc2)Cc2ccccc2)ccc1O. The van der Waals surface area contributed by atoms with E-state index in [9.17, 15) is 15.3 Å². The first-order valence-corrected chi connectivity index (χ1v) is 13.3. The Kier molecular flexibility index (Phi) is 11.3. The second-order valence-electron chi connectivity index (χ2n) is 9.46. The molecule has 3 aromatic rings. The van der Waals surface area contributed by atoms with Crippen molar-refractivity contribution in [2.24, 2.45) is 0 Å². The van der Waals surface area contributed by atoms with Crippen molar-refractivity contribution in [1.29, 1.82) is 0 Å². The molecule has 0 amide bonds. The third-order valence-electron chi connectivity index (χ3n) is 6.43. The van der Waals surface area contributed by atoms with Crippen molar-refractivity contribution in [2.75, 3.05) is 26.3 Å². The van der Waals surface area contributed by atoms with Gasteiger partial charge in [-0.25, -0.2) is 0 Å². The number of aryl methyl sites for hydroxylation is 1. The standard InChI is InChI=1S/C32H43NO4/c34-26-30-23-29(18-19-31(30)35)32(36)25-33(24-28-16-7-4-8-17-28)20-10-1-2-11-21-37-22-12-9-15-27-13-5-3-6-14-27/h3-8,13-14,16-19,23,32,34-36H,1-2,9-12,15,20-22,24-26H2/i26D2,32+1D. The number of nitrogens with zero attached hydrogens (tertiary/aromatic N) is 1. The van der Waals surface area contributed by atoms with Gasteiger partial charge in [-0.2, -0.15) is 0 Å². The second-order valence-corrected chi connectivity index (χ2v) is 9.46. The number of unbranched alkanes of at least 4 members (excludes halogenated alkanes) is 4. The summed E-state index contributed by atoms with van der Waals surface area (Å²) in [5.41, 5.74) is 2.17. The van der Waals surface area contributed by atoms with Crippen LogP contribution in [0.15, 0.2) is 78.9 Å². The Morgan fingerprint density at radius 3 is 2.16 bits per heavy atom. The highest BCUT2D eigenvalue weighted by molar-refractivity contribution is 5.36. The molecule has 0 aliphatic heterocycles. The van der Waals surface area contributed by atoms with Gasteiger partial charge in [0.05, 0.1) is 16.8 Å². The average Bonchev–Trinajstić information content (AvgIpc) is 2.92. The van der Waals surface area contributed by atoms with Crippen LogP contribution < -0.4 is 0 Å². The molecule has 0 aliphatic carbocycles. The van der Waals surface area contributed by atoms with Crippen LogP contribution in [0.3, 0.4) is 0 Å². The van der Waals surface area contributed by atoms with Crippen molar-refractivity contribution in [3.05, 3.63) is 101 Å². The summed E-state index contributed by atoms with van der Waals surface area (Å²) in [6.45, 7) is -0.00978. The zero-order valence-electron chi connectivity index (χ0n) is 24.7. The maximum absolute atomic E-state index is 11.1. The first-order valence-electron chi connectivity index (χ1n) is 14.8. The van der Waals surface area contributed by atoms with Crippen LogP contribution in [0.25, 0.3) is 0 Å². The molecule has 0 fully saturated rings. The number of hydrogen-bond acceptors (Lipinski definition) is 5. The molecule has 0 saturated carbocycles. The average molecular weight is 510 g/mol. The molecule has 0 radical (unpaired) electrons. The lowest BCUT2D eigenvalue weighted by Gasteiger charge is -2.26. The molecular formula is C32H43NO4. The predicted octanol–water partition coefficient (Wildman–Crippen LogP) is 6.02. The number of aromatic hydroxyl groups is 1. The third-order valence-corrected chi connectivity index (χ3v) is 6.43. The summed E-state index contributed by atoms with van der Waals surface area (Å²) in [5.74, 6) is -0.427. The maximum atomic E-state index is 11.1. The van der Waals surface area contributed by atoms with E-state index in [4.69, 9.17) is 8.85 Å². The molecule has 0 aliphatic rings. The van der Waals surface area contributed by atoms with Crippen LogP contribution in [0.5, 0.6) is 5.75 Å². The summed E-state index contributed by atoms with van der Waals surface area (Å²) >= 11 is 0. The quantitative estimate of drug-likeness (QED) is 0.144. The largest absolute Gasteiger partial charge is 0.508 e. The minimum Gasteiger partial charge on any atom is -0.508 e. The lowest BCUT2D eigenvalue weighted by atomic mass is 10.1. The van der Waals surface area contributed by atoms with Crippen molar-refractivity contribution in [1.82, 2.24) is 4.90 Å². The Morgan fingerprint density at radius 1 is 0.811 bits per heavy atom. The summed E-state index contributed by atoms with van der Waals surface area (Å²) < 4.78 is 29.5. The van der Waals surface area contributed by atoms with Gasteiger partial charge in [0.15, 0.2) is 0 Å². The van der Waals surface area contributed by atoms with Crippen LogP contribution in [-0.2, 0) is 24.3 Å². The van der Waals surface area contributed by atoms with Crippen LogP contribution >= 0.6 is 0 Å². The van der Waals surface area contributed by atoms with Gasteiger partial charge in [0.2, 0.25) is 0 Å². The zero-order valence-corrected chi connectivity index (χ0v) is 21.7. The first kappa shape index (κ1) is 24.6. The van der Waals surface area contributed by atoms with E-state index in [0.717, 1.165) is 69.8 Å². The fraction of sp³-hybridized carbons (Fsp3) is 0.438. The summed E-state index contributed by atoms with van der Waals surface area (Å²) in [7, 11) is 0. The molecule has 0 aromatic heterocycles. The molecule has 5 nitrogen and oxygen atoms in total. The smallest absolute Gasteiger partial charge is 0.121 e. The van der Waals surface area contributed by atoms with Gasteiger partial charge < -0.3 is 20.1 Å². The van der Waals surface area contributed by atoms with E-state index >= 15 is 0 Å². The molecule has 0 bridgehead atoms. The van der Waals surface area contributed by atoms with Gasteiger partial charge >= 0.3 is 0 Å². The molecule has 1 atom stereocenters. The molecule has 37 heavy (non-hydrogen) atoms. The normalized spacial score (nSPS) is 14.6. The van der Waals surface area contributed by atoms with E-state index in [1.54, 1.807) is 0 Å². The minimum atomic E-state index is -2.79. The summed E-state index contributed by atoms with van der Waals surface area (Å²) in [5, 5.41) is 30.8. The predicted molar refractivity (Wildman–Crippen MR) is 149 cm³/mol. The van der Waals surface area contributed by atoms with Gasteiger partial charge in [-0.05, 0) is 67.5 Å². The van der Waals surface area contributed by atoms with Crippen molar-refractivity contribution < 1.29 is 24.2 Å². The van der Waals surface area contributed by atoms with Gasteiger partial charge in [0.25, 0.3) is 0 Å². The van der Waals surface area contributed by atoms with Crippen molar-refractivity contribution in [2.45, 2.75) is 64.1 Å². The Morgan fingerprint density at radius 2 is 1.46 bits per heavy atom. The first-order chi connectivity index (χ1) is 19.1. The fourth-order valence-corrected chi connectivity index (χ4v) is 4.34. The molecule has 0 spiro atoms. The lowest BCUT2D eigenvalue weighted by Crippen LogP contribution is -2.29. The van der Waals surface area contributed by atoms with E-state index in [1.165, 1.54) is 17.7 Å². The highest BCUT2D eigenvalue weighted by Crippen LogP contribution is 2.24. The molecule has 5 heteroatoms. The molecular weight excluding hydrogens is 463 g/mol. The topological polar surface area (TPSA) is 73.2 Å². The van der Waals surface area contributed by atoms with Crippen LogP contribution in [0.4, 0.5) is 0 Å². The number of aliphatic hydroxyl groups is 2. The summed E-state index contributed by atoms with van der Waals surface area (Å²) in [6.07, 6.45) is 5.17. The van der Waals surface area contributed by atoms with Crippen molar-refractivity contribution in [3.8, 4) is 5.75 Å². The number of benzene rings is 3.